The number of carbonyl (C=O) groups excluding carboxylic acids is 5. The highest BCUT2D eigenvalue weighted by Crippen LogP contribution is 2.04. The van der Waals surface area contributed by atoms with Gasteiger partial charge in [0.2, 0.25) is 23.6 Å². The van der Waals surface area contributed by atoms with Crippen molar-refractivity contribution < 1.29 is 42.9 Å². The van der Waals surface area contributed by atoms with Gasteiger partial charge in [-0.25, -0.2) is 4.79 Å². The number of nitrogens with one attached hydrogen (secondary N) is 6. The van der Waals surface area contributed by atoms with E-state index in [1.54, 1.807) is 0 Å². The summed E-state index contributed by atoms with van der Waals surface area (Å²) in [7, 11) is 1.49. The molecule has 0 bridgehead atoms. The Morgan fingerprint density at radius 1 is 0.667 bits per heavy atom. The lowest BCUT2D eigenvalue weighted by molar-refractivity contribution is -0.130. The number of hydrogen-bond donors (Lipinski definition) is 7. The molecule has 0 heterocycles. The van der Waals surface area contributed by atoms with Crippen LogP contribution in [0.2, 0.25) is 0 Å². The van der Waals surface area contributed by atoms with Gasteiger partial charge in [0.1, 0.15) is 6.04 Å². The smallest absolute Gasteiger partial charge is 0.312 e. The summed E-state index contributed by atoms with van der Waals surface area (Å²) >= 11 is 0. The van der Waals surface area contributed by atoms with E-state index in [9.17, 15) is 24.0 Å². The number of amides is 6. The summed E-state index contributed by atoms with van der Waals surface area (Å²) in [6.07, 6.45) is 2.33. The molecule has 6 amide bonds. The summed E-state index contributed by atoms with van der Waals surface area (Å²) in [6, 6.07) is -1.98. The van der Waals surface area contributed by atoms with E-state index in [4.69, 9.17) is 24.7 Å². The predicted molar refractivity (Wildman–Crippen MR) is 168 cm³/mol. The van der Waals surface area contributed by atoms with Crippen LogP contribution in [0.25, 0.3) is 0 Å². The first-order chi connectivity index (χ1) is 21.6. The Morgan fingerprint density at radius 3 is 1.78 bits per heavy atom. The predicted octanol–water partition coefficient (Wildman–Crippen LogP) is -1.23. The standard InChI is InChI=1S/C29H57N7O9/c1-5-7-24(37)33-13-15-43-17-19-45-21-20-44-18-16-42-14-9-25(38)32-11-12-34-26(22(2)3)28(40)36-23(27(39)31-4)8-6-10-35-29(30)41/h22-23,26,34H,5-21H2,1-4H3,(H,31,39)(H,32,38)(H,33,37)(H,36,40)(H3,30,35,41)/t23?,26-/m0/s1. The molecular formula is C29H57N7O9. The van der Waals surface area contributed by atoms with Crippen molar-refractivity contribution in [2.75, 3.05) is 86.1 Å². The largest absolute Gasteiger partial charge is 0.379 e. The Balaban J connectivity index is 3.91. The highest BCUT2D eigenvalue weighted by molar-refractivity contribution is 5.89. The lowest BCUT2D eigenvalue weighted by Gasteiger charge is -2.25. The lowest BCUT2D eigenvalue weighted by Crippen LogP contribution is -2.54. The maximum Gasteiger partial charge on any atom is 0.312 e. The third kappa shape index (κ3) is 24.9. The van der Waals surface area contributed by atoms with Gasteiger partial charge >= 0.3 is 6.03 Å². The number of nitrogens with two attached hydrogens (primary N) is 1. The van der Waals surface area contributed by atoms with Crippen LogP contribution in [0.5, 0.6) is 0 Å². The summed E-state index contributed by atoms with van der Waals surface area (Å²) in [6.45, 7) is 10.3. The van der Waals surface area contributed by atoms with E-state index in [-0.39, 0.29) is 42.6 Å². The van der Waals surface area contributed by atoms with Crippen molar-refractivity contribution in [1.82, 2.24) is 31.9 Å². The molecule has 16 heteroatoms. The summed E-state index contributed by atoms with van der Waals surface area (Å²) in [5.74, 6) is -0.871. The van der Waals surface area contributed by atoms with Gasteiger partial charge in [-0.05, 0) is 25.2 Å². The van der Waals surface area contributed by atoms with Gasteiger partial charge in [-0.3, -0.25) is 19.2 Å². The molecule has 262 valence electrons. The van der Waals surface area contributed by atoms with Gasteiger partial charge in [-0.2, -0.15) is 0 Å². The molecule has 0 aliphatic heterocycles. The van der Waals surface area contributed by atoms with Crippen molar-refractivity contribution in [2.45, 2.75) is 65.0 Å². The second-order valence-corrected chi connectivity index (χ2v) is 10.4. The first-order valence-electron chi connectivity index (χ1n) is 15.7. The van der Waals surface area contributed by atoms with Crippen LogP contribution in [0.1, 0.15) is 52.9 Å². The number of hydrogen-bond acceptors (Lipinski definition) is 10. The summed E-state index contributed by atoms with van der Waals surface area (Å²) in [4.78, 5) is 59.4. The average Bonchev–Trinajstić information content (AvgIpc) is 2.99. The molecule has 0 aliphatic carbocycles. The molecule has 0 saturated heterocycles. The summed E-state index contributed by atoms with van der Waals surface area (Å²) in [5, 5.41) is 16.5. The molecule has 0 saturated carbocycles. The number of urea groups is 1. The van der Waals surface area contributed by atoms with Crippen molar-refractivity contribution in [3.8, 4) is 0 Å². The van der Waals surface area contributed by atoms with E-state index in [2.05, 4.69) is 31.9 Å². The molecule has 0 aromatic carbocycles. The Hall–Kier alpha value is -3.05. The third-order valence-corrected chi connectivity index (χ3v) is 6.24. The Labute approximate surface area is 267 Å². The van der Waals surface area contributed by atoms with Crippen molar-refractivity contribution in [1.29, 1.82) is 0 Å². The van der Waals surface area contributed by atoms with Gasteiger partial charge in [-0.15, -0.1) is 0 Å². The molecule has 16 nitrogen and oxygen atoms in total. The highest BCUT2D eigenvalue weighted by Gasteiger charge is 2.26. The Kier molecular flexibility index (Phi) is 26.5. The quantitative estimate of drug-likeness (QED) is 0.0479. The number of likely N-dealkylation sites (N-methyl/N-ethyl adjacent to an activating group) is 1. The minimum absolute atomic E-state index is 0.0349. The molecule has 0 aromatic heterocycles. The van der Waals surface area contributed by atoms with Crippen LogP contribution in [0.3, 0.4) is 0 Å². The molecule has 0 fully saturated rings. The number of carbonyl (C=O) groups is 5. The van der Waals surface area contributed by atoms with Crippen molar-refractivity contribution in [2.24, 2.45) is 11.7 Å². The normalized spacial score (nSPS) is 12.3. The zero-order valence-corrected chi connectivity index (χ0v) is 27.5. The zero-order valence-electron chi connectivity index (χ0n) is 27.5. The van der Waals surface area contributed by atoms with E-state index in [0.717, 1.165) is 6.42 Å². The van der Waals surface area contributed by atoms with Crippen LogP contribution in [0.4, 0.5) is 4.79 Å². The van der Waals surface area contributed by atoms with E-state index < -0.39 is 18.1 Å². The highest BCUT2D eigenvalue weighted by atomic mass is 16.6. The minimum Gasteiger partial charge on any atom is -0.379 e. The van der Waals surface area contributed by atoms with Crippen LogP contribution in [-0.4, -0.2) is 128 Å². The van der Waals surface area contributed by atoms with Gasteiger partial charge in [0.25, 0.3) is 0 Å². The van der Waals surface area contributed by atoms with E-state index in [1.807, 2.05) is 20.8 Å². The van der Waals surface area contributed by atoms with E-state index in [0.29, 0.717) is 91.7 Å². The van der Waals surface area contributed by atoms with Crippen LogP contribution < -0.4 is 37.6 Å². The van der Waals surface area contributed by atoms with Crippen molar-refractivity contribution in [3.63, 3.8) is 0 Å². The fraction of sp³-hybridized carbons (Fsp3) is 0.828. The SMILES string of the molecule is CCCC(=O)NCCOCCOCCOCCOCCC(=O)NCCN[C@H](C(=O)NC(CCCNC(N)=O)C(=O)NC)C(C)C. The van der Waals surface area contributed by atoms with Gasteiger partial charge in [0.05, 0.1) is 58.9 Å². The fourth-order valence-corrected chi connectivity index (χ4v) is 3.88. The van der Waals surface area contributed by atoms with E-state index >= 15 is 0 Å². The Bertz CT molecular complexity index is 834. The molecule has 2 atom stereocenters. The zero-order chi connectivity index (χ0) is 33.7. The maximum atomic E-state index is 12.9. The molecule has 0 aliphatic rings. The molecule has 1 unspecified atom stereocenters. The molecule has 0 spiro atoms. The number of primary amides is 1. The van der Waals surface area contributed by atoms with Crippen LogP contribution in [-0.2, 0) is 38.1 Å². The monoisotopic (exact) mass is 647 g/mol. The first kappa shape index (κ1) is 42.0. The first-order valence-corrected chi connectivity index (χ1v) is 15.7. The van der Waals surface area contributed by atoms with Crippen molar-refractivity contribution in [3.05, 3.63) is 0 Å². The second-order valence-electron chi connectivity index (χ2n) is 10.4. The van der Waals surface area contributed by atoms with Crippen LogP contribution in [0, 0.1) is 5.92 Å². The van der Waals surface area contributed by atoms with Gasteiger partial charge in [-0.1, -0.05) is 20.8 Å². The van der Waals surface area contributed by atoms with Gasteiger partial charge in [0, 0.05) is 46.1 Å². The number of ether oxygens (including phenoxy) is 4. The summed E-state index contributed by atoms with van der Waals surface area (Å²) in [5.41, 5.74) is 5.05. The Morgan fingerprint density at radius 2 is 1.22 bits per heavy atom. The van der Waals surface area contributed by atoms with Gasteiger partial charge < -0.3 is 56.6 Å². The lowest BCUT2D eigenvalue weighted by atomic mass is 10.0. The van der Waals surface area contributed by atoms with Crippen LogP contribution >= 0.6 is 0 Å². The number of rotatable bonds is 29. The molecule has 8 N–H and O–H groups in total. The van der Waals surface area contributed by atoms with E-state index in [1.165, 1.54) is 7.05 Å². The summed E-state index contributed by atoms with van der Waals surface area (Å²) < 4.78 is 21.7. The molecular weight excluding hydrogens is 590 g/mol. The average molecular weight is 648 g/mol. The maximum absolute atomic E-state index is 12.9. The molecule has 45 heavy (non-hydrogen) atoms. The third-order valence-electron chi connectivity index (χ3n) is 6.24. The molecule has 0 aromatic rings. The van der Waals surface area contributed by atoms with Crippen LogP contribution in [0.15, 0.2) is 0 Å². The molecule has 0 radical (unpaired) electrons. The molecule has 0 rings (SSSR count). The minimum atomic E-state index is -0.757. The van der Waals surface area contributed by atoms with Gasteiger partial charge in [0.15, 0.2) is 0 Å². The van der Waals surface area contributed by atoms with Crippen molar-refractivity contribution >= 4 is 29.7 Å². The topological polar surface area (TPSA) is 220 Å². The fourth-order valence-electron chi connectivity index (χ4n) is 3.88. The second kappa shape index (κ2) is 28.4.